The van der Waals surface area contributed by atoms with Crippen molar-refractivity contribution in [2.24, 2.45) is 4.99 Å². The second-order valence-electron chi connectivity index (χ2n) is 8.30. The smallest absolute Gasteiger partial charge is 0.338 e. The first-order valence-electron chi connectivity index (χ1n) is 12.0. The van der Waals surface area contributed by atoms with E-state index in [1.165, 1.54) is 18.4 Å². The molecule has 0 N–H and O–H groups in total. The Morgan fingerprint density at radius 1 is 1.08 bits per heavy atom. The van der Waals surface area contributed by atoms with Crippen molar-refractivity contribution in [3.05, 3.63) is 96.2 Å². The molecule has 0 bridgehead atoms. The zero-order valence-corrected chi connectivity index (χ0v) is 22.0. The lowest BCUT2D eigenvalue weighted by atomic mass is 9.94. The van der Waals surface area contributed by atoms with Gasteiger partial charge in [-0.3, -0.25) is 9.36 Å². The first-order chi connectivity index (χ1) is 17.9. The van der Waals surface area contributed by atoms with Crippen LogP contribution < -0.4 is 19.6 Å². The average molecular weight is 521 g/mol. The SMILES string of the molecule is CCCC1=C(C(=O)OCC)[C@H](c2cccc(OC)c2)n2c(s/c(=C\c3ccc(C(=O)OC)cc3)c2=O)=N1. The van der Waals surface area contributed by atoms with E-state index in [1.54, 1.807) is 48.9 Å². The van der Waals surface area contributed by atoms with E-state index in [0.717, 1.165) is 17.5 Å². The Labute approximate surface area is 218 Å². The molecule has 0 radical (unpaired) electrons. The molecule has 8 nitrogen and oxygen atoms in total. The molecule has 3 aromatic rings. The molecular weight excluding hydrogens is 492 g/mol. The average Bonchev–Trinajstić information content (AvgIpc) is 3.22. The minimum atomic E-state index is -0.712. The zero-order valence-electron chi connectivity index (χ0n) is 21.1. The molecule has 0 amide bonds. The number of carbonyl (C=O) groups excluding carboxylic acids is 2. The second-order valence-corrected chi connectivity index (χ2v) is 9.31. The van der Waals surface area contributed by atoms with Crippen LogP contribution in [0.2, 0.25) is 0 Å². The van der Waals surface area contributed by atoms with Crippen LogP contribution in [-0.4, -0.2) is 37.3 Å². The van der Waals surface area contributed by atoms with Crippen molar-refractivity contribution in [1.29, 1.82) is 0 Å². The van der Waals surface area contributed by atoms with E-state index < -0.39 is 18.0 Å². The van der Waals surface area contributed by atoms with Gasteiger partial charge in [0.15, 0.2) is 4.80 Å². The number of esters is 2. The number of nitrogens with zero attached hydrogens (tertiary/aromatic N) is 2. The molecule has 9 heteroatoms. The Kier molecular flexibility index (Phi) is 8.03. The molecular formula is C28H28N2O6S. The van der Waals surface area contributed by atoms with Crippen LogP contribution in [0.5, 0.6) is 5.75 Å². The van der Waals surface area contributed by atoms with Crippen molar-refractivity contribution in [3.8, 4) is 5.75 Å². The van der Waals surface area contributed by atoms with Gasteiger partial charge in [-0.05, 0) is 54.8 Å². The number of hydrogen-bond acceptors (Lipinski definition) is 8. The molecule has 1 aromatic heterocycles. The number of benzene rings is 2. The molecule has 0 saturated carbocycles. The summed E-state index contributed by atoms with van der Waals surface area (Å²) in [5.74, 6) is -0.308. The fourth-order valence-electron chi connectivity index (χ4n) is 4.23. The Hall–Kier alpha value is -3.98. The zero-order chi connectivity index (χ0) is 26.5. The van der Waals surface area contributed by atoms with E-state index in [-0.39, 0.29) is 12.2 Å². The van der Waals surface area contributed by atoms with E-state index in [2.05, 4.69) is 0 Å². The molecule has 1 aliphatic heterocycles. The molecule has 1 aliphatic rings. The normalized spacial score (nSPS) is 15.1. The van der Waals surface area contributed by atoms with E-state index in [1.807, 2.05) is 31.2 Å². The van der Waals surface area contributed by atoms with Crippen molar-refractivity contribution in [2.45, 2.75) is 32.7 Å². The minimum absolute atomic E-state index is 0.207. The summed E-state index contributed by atoms with van der Waals surface area (Å²) in [5, 5.41) is 0. The van der Waals surface area contributed by atoms with E-state index in [4.69, 9.17) is 19.2 Å². The van der Waals surface area contributed by atoms with E-state index >= 15 is 0 Å². The van der Waals surface area contributed by atoms with Crippen molar-refractivity contribution >= 4 is 29.4 Å². The van der Waals surface area contributed by atoms with Crippen molar-refractivity contribution in [2.75, 3.05) is 20.8 Å². The summed E-state index contributed by atoms with van der Waals surface area (Å²) < 4.78 is 17.6. The van der Waals surface area contributed by atoms with Crippen LogP contribution in [0.4, 0.5) is 0 Å². The van der Waals surface area contributed by atoms with Gasteiger partial charge in [-0.25, -0.2) is 14.6 Å². The lowest BCUT2D eigenvalue weighted by molar-refractivity contribution is -0.139. The lowest BCUT2D eigenvalue weighted by Gasteiger charge is -2.26. The van der Waals surface area contributed by atoms with Gasteiger partial charge in [-0.15, -0.1) is 0 Å². The minimum Gasteiger partial charge on any atom is -0.497 e. The fourth-order valence-corrected chi connectivity index (χ4v) is 5.25. The van der Waals surface area contributed by atoms with Crippen molar-refractivity contribution in [1.82, 2.24) is 4.57 Å². The van der Waals surface area contributed by atoms with Gasteiger partial charge in [-0.2, -0.15) is 0 Å². The van der Waals surface area contributed by atoms with Crippen LogP contribution in [0.3, 0.4) is 0 Å². The molecule has 1 atom stereocenters. The summed E-state index contributed by atoms with van der Waals surface area (Å²) in [5.41, 5.74) is 2.59. The number of fused-ring (bicyclic) bond motifs is 1. The molecule has 192 valence electrons. The highest BCUT2D eigenvalue weighted by Crippen LogP contribution is 2.33. The van der Waals surface area contributed by atoms with Gasteiger partial charge in [-0.1, -0.05) is 48.9 Å². The maximum absolute atomic E-state index is 13.8. The van der Waals surface area contributed by atoms with Crippen molar-refractivity contribution < 1.29 is 23.8 Å². The highest BCUT2D eigenvalue weighted by Gasteiger charge is 2.34. The van der Waals surface area contributed by atoms with E-state index in [9.17, 15) is 14.4 Å². The van der Waals surface area contributed by atoms with Crippen LogP contribution in [0, 0.1) is 0 Å². The third kappa shape index (κ3) is 5.27. The Morgan fingerprint density at radius 2 is 1.84 bits per heavy atom. The summed E-state index contributed by atoms with van der Waals surface area (Å²) >= 11 is 1.26. The Balaban J connectivity index is 1.93. The number of allylic oxidation sites excluding steroid dienone is 1. The molecule has 0 spiro atoms. The molecule has 4 rings (SSSR count). The summed E-state index contributed by atoms with van der Waals surface area (Å²) in [6, 6.07) is 13.4. The predicted octanol–water partition coefficient (Wildman–Crippen LogP) is 3.37. The third-order valence-electron chi connectivity index (χ3n) is 5.93. The van der Waals surface area contributed by atoms with E-state index in [0.29, 0.717) is 38.3 Å². The maximum atomic E-state index is 13.8. The van der Waals surface area contributed by atoms with Crippen LogP contribution in [0.15, 0.2) is 69.6 Å². The Bertz CT molecular complexity index is 1530. The standard InChI is InChI=1S/C28H28N2O6S/c1-5-8-21-23(27(33)36-6-2)24(19-9-7-10-20(16-19)34-3)30-25(31)22(37-28(30)29-21)15-17-11-13-18(14-12-17)26(32)35-4/h7,9-16,24H,5-6,8H2,1-4H3/b22-15-/t24-/m0/s1. The van der Waals surface area contributed by atoms with Gasteiger partial charge in [0.1, 0.15) is 5.75 Å². The summed E-state index contributed by atoms with van der Waals surface area (Å²) in [6.07, 6.45) is 3.09. The number of thiazole rings is 1. The van der Waals surface area contributed by atoms with Gasteiger partial charge >= 0.3 is 11.9 Å². The molecule has 2 aromatic carbocycles. The van der Waals surface area contributed by atoms with Gasteiger partial charge in [0.05, 0.1) is 48.2 Å². The number of methoxy groups -OCH3 is 2. The quantitative estimate of drug-likeness (QED) is 0.423. The predicted molar refractivity (Wildman–Crippen MR) is 140 cm³/mol. The summed E-state index contributed by atoms with van der Waals surface area (Å²) in [7, 11) is 2.90. The molecule has 0 unspecified atom stereocenters. The topological polar surface area (TPSA) is 96.2 Å². The van der Waals surface area contributed by atoms with Crippen LogP contribution in [0.25, 0.3) is 6.08 Å². The fraction of sp³-hybridized carbons (Fsp3) is 0.286. The Morgan fingerprint density at radius 3 is 2.49 bits per heavy atom. The monoisotopic (exact) mass is 520 g/mol. The highest BCUT2D eigenvalue weighted by atomic mass is 32.1. The molecule has 37 heavy (non-hydrogen) atoms. The maximum Gasteiger partial charge on any atom is 0.338 e. The number of carbonyl (C=O) groups is 2. The van der Waals surface area contributed by atoms with Crippen LogP contribution in [-0.2, 0) is 14.3 Å². The number of aromatic nitrogens is 1. The summed E-state index contributed by atoms with van der Waals surface area (Å²) in [4.78, 5) is 44.0. The molecule has 2 heterocycles. The first kappa shape index (κ1) is 26.1. The molecule has 0 fully saturated rings. The molecule has 0 saturated heterocycles. The number of rotatable bonds is 8. The van der Waals surface area contributed by atoms with Crippen molar-refractivity contribution in [3.63, 3.8) is 0 Å². The molecule has 0 aliphatic carbocycles. The number of hydrogen-bond donors (Lipinski definition) is 0. The largest absolute Gasteiger partial charge is 0.497 e. The van der Waals surface area contributed by atoms with Gasteiger partial charge in [0, 0.05) is 0 Å². The van der Waals surface area contributed by atoms with Gasteiger partial charge in [0.25, 0.3) is 5.56 Å². The first-order valence-corrected chi connectivity index (χ1v) is 12.8. The third-order valence-corrected chi connectivity index (χ3v) is 6.91. The van der Waals surface area contributed by atoms with Crippen LogP contribution in [0.1, 0.15) is 54.2 Å². The number of ether oxygens (including phenoxy) is 3. The summed E-state index contributed by atoms with van der Waals surface area (Å²) in [6.45, 7) is 3.97. The highest BCUT2D eigenvalue weighted by molar-refractivity contribution is 7.07. The van der Waals surface area contributed by atoms with Crippen LogP contribution >= 0.6 is 11.3 Å². The van der Waals surface area contributed by atoms with Gasteiger partial charge in [0.2, 0.25) is 0 Å². The lowest BCUT2D eigenvalue weighted by Crippen LogP contribution is -2.40. The second kappa shape index (κ2) is 11.4. The van der Waals surface area contributed by atoms with Gasteiger partial charge < -0.3 is 14.2 Å².